The first-order valence-corrected chi connectivity index (χ1v) is 11.7. The number of carbonyl (C=O) groups excluding carboxylic acids is 2. The Balaban J connectivity index is 1.49. The molecule has 0 aliphatic rings. The van der Waals surface area contributed by atoms with E-state index in [0.717, 1.165) is 6.20 Å². The average molecular weight is 540 g/mol. The minimum atomic E-state index is -4.93. The molecule has 0 aliphatic heterocycles. The molecule has 2 heterocycles. The van der Waals surface area contributed by atoms with Crippen molar-refractivity contribution in [2.24, 2.45) is 0 Å². The van der Waals surface area contributed by atoms with Crippen LogP contribution in [0, 0.1) is 0 Å². The highest BCUT2D eigenvalue weighted by molar-refractivity contribution is 6.07. The molecule has 0 saturated carbocycles. The van der Waals surface area contributed by atoms with Crippen molar-refractivity contribution in [2.45, 2.75) is 39.2 Å². The molecule has 202 valence electrons. The van der Waals surface area contributed by atoms with Gasteiger partial charge in [-0.05, 0) is 51.1 Å². The lowest BCUT2D eigenvalue weighted by Gasteiger charge is -2.25. The van der Waals surface area contributed by atoms with E-state index in [4.69, 9.17) is 9.47 Å². The third-order valence-corrected chi connectivity index (χ3v) is 5.11. The average Bonchev–Trinajstić information content (AvgIpc) is 2.86. The van der Waals surface area contributed by atoms with Crippen molar-refractivity contribution in [3.05, 3.63) is 84.4 Å². The van der Waals surface area contributed by atoms with Crippen molar-refractivity contribution < 1.29 is 32.2 Å². The SMILES string of the molecule is CC(C)(C)OC(=O)NCc1cc(Oc2ccc3cc(C(=O)N(c4ccccc4)C(F)(F)F)cnc3c2)ncn1. The Bertz CT molecular complexity index is 1490. The van der Waals surface area contributed by atoms with Crippen molar-refractivity contribution in [3.63, 3.8) is 0 Å². The summed E-state index contributed by atoms with van der Waals surface area (Å²) in [7, 11) is 0. The highest BCUT2D eigenvalue weighted by Crippen LogP contribution is 2.31. The lowest BCUT2D eigenvalue weighted by atomic mass is 10.1. The molecule has 2 aromatic heterocycles. The Morgan fingerprint density at radius 1 is 0.949 bits per heavy atom. The van der Waals surface area contributed by atoms with E-state index in [1.165, 1.54) is 42.7 Å². The minimum absolute atomic E-state index is 0.0851. The highest BCUT2D eigenvalue weighted by atomic mass is 19.4. The van der Waals surface area contributed by atoms with Crippen LogP contribution in [0.15, 0.2) is 73.2 Å². The Labute approximate surface area is 221 Å². The lowest BCUT2D eigenvalue weighted by molar-refractivity contribution is -0.122. The van der Waals surface area contributed by atoms with Gasteiger partial charge in [0.15, 0.2) is 0 Å². The second-order valence-corrected chi connectivity index (χ2v) is 9.33. The molecule has 1 N–H and O–H groups in total. The number of hydrogen-bond acceptors (Lipinski definition) is 7. The molecule has 2 aromatic carbocycles. The summed E-state index contributed by atoms with van der Waals surface area (Å²) in [5, 5.41) is 3.03. The number of para-hydroxylation sites is 1. The number of amides is 2. The summed E-state index contributed by atoms with van der Waals surface area (Å²) in [4.78, 5) is 36.8. The number of nitrogens with zero attached hydrogens (tertiary/aromatic N) is 4. The zero-order valence-corrected chi connectivity index (χ0v) is 21.2. The van der Waals surface area contributed by atoms with Gasteiger partial charge >= 0.3 is 12.4 Å². The molecular formula is C27H24F3N5O4. The molecule has 0 spiro atoms. The summed E-state index contributed by atoms with van der Waals surface area (Å²) in [5.41, 5.74) is -0.301. The van der Waals surface area contributed by atoms with Crippen molar-refractivity contribution in [1.82, 2.24) is 20.3 Å². The van der Waals surface area contributed by atoms with E-state index in [1.807, 2.05) is 0 Å². The molecule has 0 radical (unpaired) electrons. The van der Waals surface area contributed by atoms with Crippen molar-refractivity contribution in [3.8, 4) is 11.6 Å². The second-order valence-electron chi connectivity index (χ2n) is 9.33. The van der Waals surface area contributed by atoms with E-state index < -0.39 is 23.9 Å². The number of rotatable bonds is 6. The summed E-state index contributed by atoms with van der Waals surface area (Å²) < 4.78 is 52.1. The van der Waals surface area contributed by atoms with Crippen LogP contribution in [-0.4, -0.2) is 38.9 Å². The first-order chi connectivity index (χ1) is 18.4. The second kappa shape index (κ2) is 10.9. The fourth-order valence-corrected chi connectivity index (χ4v) is 3.49. The highest BCUT2D eigenvalue weighted by Gasteiger charge is 2.42. The van der Waals surface area contributed by atoms with E-state index in [-0.39, 0.29) is 28.6 Å². The topological polar surface area (TPSA) is 107 Å². The van der Waals surface area contributed by atoms with E-state index in [2.05, 4.69) is 20.3 Å². The van der Waals surface area contributed by atoms with Crippen molar-refractivity contribution in [1.29, 1.82) is 0 Å². The number of hydrogen-bond donors (Lipinski definition) is 1. The van der Waals surface area contributed by atoms with Gasteiger partial charge in [-0.3, -0.25) is 9.78 Å². The molecule has 9 nitrogen and oxygen atoms in total. The molecule has 12 heteroatoms. The maximum atomic E-state index is 13.7. The van der Waals surface area contributed by atoms with E-state index >= 15 is 0 Å². The van der Waals surface area contributed by atoms with Gasteiger partial charge in [0.2, 0.25) is 5.88 Å². The van der Waals surface area contributed by atoms with Gasteiger partial charge in [-0.25, -0.2) is 19.7 Å². The van der Waals surface area contributed by atoms with Crippen LogP contribution in [0.1, 0.15) is 36.8 Å². The Morgan fingerprint density at radius 2 is 1.69 bits per heavy atom. The number of halogens is 3. The third kappa shape index (κ3) is 7.18. The fraction of sp³-hybridized carbons (Fsp3) is 0.222. The number of nitrogens with one attached hydrogen (secondary N) is 1. The molecule has 0 fully saturated rings. The van der Waals surface area contributed by atoms with Crippen LogP contribution in [-0.2, 0) is 11.3 Å². The number of alkyl halides is 3. The first-order valence-electron chi connectivity index (χ1n) is 11.7. The number of carbonyl (C=O) groups is 2. The van der Waals surface area contributed by atoms with Gasteiger partial charge in [0.25, 0.3) is 5.91 Å². The van der Waals surface area contributed by atoms with Gasteiger partial charge in [0, 0.05) is 23.7 Å². The smallest absolute Gasteiger partial charge is 0.444 e. The van der Waals surface area contributed by atoms with Crippen LogP contribution in [0.25, 0.3) is 10.9 Å². The zero-order valence-electron chi connectivity index (χ0n) is 21.2. The van der Waals surface area contributed by atoms with Crippen LogP contribution in [0.4, 0.5) is 23.7 Å². The van der Waals surface area contributed by atoms with Crippen LogP contribution in [0.3, 0.4) is 0 Å². The van der Waals surface area contributed by atoms with Gasteiger partial charge in [0.05, 0.1) is 29.0 Å². The third-order valence-electron chi connectivity index (χ3n) is 5.11. The molecule has 4 aromatic rings. The maximum absolute atomic E-state index is 13.7. The predicted octanol–water partition coefficient (Wildman–Crippen LogP) is 6.01. The fourth-order valence-electron chi connectivity index (χ4n) is 3.49. The number of benzene rings is 2. The Hall–Kier alpha value is -4.74. The molecule has 0 atom stereocenters. The molecule has 39 heavy (non-hydrogen) atoms. The molecule has 0 saturated heterocycles. The largest absolute Gasteiger partial charge is 0.491 e. The summed E-state index contributed by atoms with van der Waals surface area (Å²) in [6.45, 7) is 5.34. The number of alkyl carbamates (subject to hydrolysis) is 1. The van der Waals surface area contributed by atoms with Gasteiger partial charge in [-0.1, -0.05) is 18.2 Å². The van der Waals surface area contributed by atoms with Gasteiger partial charge in [0.1, 0.15) is 17.7 Å². The first kappa shape index (κ1) is 27.3. The van der Waals surface area contributed by atoms with Crippen molar-refractivity contribution >= 4 is 28.6 Å². The molecule has 4 rings (SSSR count). The number of anilines is 1. The Kier molecular flexibility index (Phi) is 7.65. The van der Waals surface area contributed by atoms with Crippen molar-refractivity contribution in [2.75, 3.05) is 4.90 Å². The van der Waals surface area contributed by atoms with E-state index in [1.54, 1.807) is 45.0 Å². The monoisotopic (exact) mass is 539 g/mol. The Morgan fingerprint density at radius 3 is 2.38 bits per heavy atom. The zero-order chi connectivity index (χ0) is 28.2. The molecule has 2 amide bonds. The predicted molar refractivity (Wildman–Crippen MR) is 136 cm³/mol. The number of aromatic nitrogens is 3. The van der Waals surface area contributed by atoms with Gasteiger partial charge < -0.3 is 14.8 Å². The normalized spacial score (nSPS) is 11.6. The maximum Gasteiger partial charge on any atom is 0.491 e. The van der Waals surface area contributed by atoms with E-state index in [9.17, 15) is 22.8 Å². The summed E-state index contributed by atoms with van der Waals surface area (Å²) in [6, 6.07) is 14.4. The summed E-state index contributed by atoms with van der Waals surface area (Å²) in [6.07, 6.45) is -3.16. The number of ether oxygens (including phenoxy) is 2. The van der Waals surface area contributed by atoms with Gasteiger partial charge in [-0.15, -0.1) is 13.2 Å². The quantitative estimate of drug-likeness (QED) is 0.299. The minimum Gasteiger partial charge on any atom is -0.444 e. The number of pyridine rings is 1. The lowest BCUT2D eigenvalue weighted by Crippen LogP contribution is -2.43. The van der Waals surface area contributed by atoms with E-state index in [0.29, 0.717) is 22.3 Å². The van der Waals surface area contributed by atoms with Crippen LogP contribution in [0.2, 0.25) is 0 Å². The molecule has 0 aliphatic carbocycles. The molecule has 0 unspecified atom stereocenters. The van der Waals surface area contributed by atoms with Gasteiger partial charge in [-0.2, -0.15) is 0 Å². The number of fused-ring (bicyclic) bond motifs is 1. The standard InChI is InChI=1S/C27H24F3N5O4/c1-26(2,3)39-25(37)32-15-19-12-23(34-16-33-19)38-21-10-9-17-11-18(14-31-22(17)13-21)24(36)35(27(28,29)30)20-7-5-4-6-8-20/h4-14,16H,15H2,1-3H3,(H,32,37). The summed E-state index contributed by atoms with van der Waals surface area (Å²) in [5.74, 6) is -0.710. The summed E-state index contributed by atoms with van der Waals surface area (Å²) >= 11 is 0. The molecular weight excluding hydrogens is 515 g/mol. The van der Waals surface area contributed by atoms with Crippen LogP contribution >= 0.6 is 0 Å². The molecule has 0 bridgehead atoms. The van der Waals surface area contributed by atoms with Crippen LogP contribution < -0.4 is 15.0 Å². The van der Waals surface area contributed by atoms with Crippen LogP contribution in [0.5, 0.6) is 11.6 Å².